The number of halogens is 1. The summed E-state index contributed by atoms with van der Waals surface area (Å²) in [5, 5.41) is 6.17. The van der Waals surface area contributed by atoms with Crippen molar-refractivity contribution in [3.05, 3.63) is 64.2 Å². The molecule has 2 amide bonds. The third-order valence-electron chi connectivity index (χ3n) is 3.65. The summed E-state index contributed by atoms with van der Waals surface area (Å²) >= 11 is 6.07. The maximum Gasteiger partial charge on any atom is 0.317 e. The summed E-state index contributed by atoms with van der Waals surface area (Å²) < 4.78 is 5.58. The van der Waals surface area contributed by atoms with E-state index in [9.17, 15) is 4.79 Å². The number of hydrogen-bond acceptors (Lipinski definition) is 2. The number of carbonyl (C=O) groups is 1. The smallest absolute Gasteiger partial charge is 0.317 e. The van der Waals surface area contributed by atoms with Crippen molar-refractivity contribution in [1.82, 2.24) is 10.6 Å². The monoisotopic (exact) mass is 332 g/mol. The summed E-state index contributed by atoms with van der Waals surface area (Å²) in [6.45, 7) is 4.66. The molecule has 0 spiro atoms. The lowest BCUT2D eigenvalue weighted by molar-refractivity contribution is 0.224. The molecule has 0 aromatic heterocycles. The van der Waals surface area contributed by atoms with Crippen LogP contribution in [0.3, 0.4) is 0 Å². The van der Waals surface area contributed by atoms with Crippen LogP contribution in [0.15, 0.2) is 42.5 Å². The van der Waals surface area contributed by atoms with Crippen LogP contribution < -0.4 is 15.4 Å². The van der Waals surface area contributed by atoms with Gasteiger partial charge in [-0.1, -0.05) is 41.9 Å². The van der Waals surface area contributed by atoms with Crippen molar-refractivity contribution in [1.29, 1.82) is 0 Å². The van der Waals surface area contributed by atoms with Gasteiger partial charge in [-0.25, -0.2) is 4.79 Å². The Kier molecular flexibility index (Phi) is 6.29. The predicted molar refractivity (Wildman–Crippen MR) is 93.1 cm³/mol. The molecule has 0 atom stereocenters. The molecule has 122 valence electrons. The molecule has 0 aliphatic rings. The molecule has 4 nitrogen and oxygen atoms in total. The van der Waals surface area contributed by atoms with Gasteiger partial charge < -0.3 is 15.4 Å². The third kappa shape index (κ3) is 5.18. The molecule has 0 saturated heterocycles. The van der Waals surface area contributed by atoms with Crippen LogP contribution in [0.1, 0.15) is 16.7 Å². The topological polar surface area (TPSA) is 50.4 Å². The highest BCUT2D eigenvalue weighted by Gasteiger charge is 2.04. The second-order valence-corrected chi connectivity index (χ2v) is 5.67. The fourth-order valence-corrected chi connectivity index (χ4v) is 2.36. The molecular formula is C18H21ClN2O2. The van der Waals surface area contributed by atoms with Crippen molar-refractivity contribution < 1.29 is 9.53 Å². The Hall–Kier alpha value is -2.20. The number of benzene rings is 2. The van der Waals surface area contributed by atoms with E-state index in [0.717, 1.165) is 22.4 Å². The van der Waals surface area contributed by atoms with E-state index < -0.39 is 0 Å². The lowest BCUT2D eigenvalue weighted by atomic mass is 10.1. The first-order chi connectivity index (χ1) is 11.1. The number of hydrogen-bond donors (Lipinski definition) is 2. The molecule has 0 aliphatic carbocycles. The Balaban J connectivity index is 1.69. The fourth-order valence-electron chi connectivity index (χ4n) is 2.13. The highest BCUT2D eigenvalue weighted by Crippen LogP contribution is 2.20. The molecule has 2 aromatic carbocycles. The summed E-state index contributed by atoms with van der Waals surface area (Å²) in [6.07, 6.45) is 0.685. The van der Waals surface area contributed by atoms with E-state index in [1.807, 2.05) is 56.3 Å². The first-order valence-corrected chi connectivity index (χ1v) is 7.90. The number of amides is 2. The molecule has 0 heterocycles. The van der Waals surface area contributed by atoms with E-state index in [1.165, 1.54) is 0 Å². The molecule has 0 radical (unpaired) electrons. The van der Waals surface area contributed by atoms with E-state index in [4.69, 9.17) is 16.3 Å². The highest BCUT2D eigenvalue weighted by atomic mass is 35.5. The summed E-state index contributed by atoms with van der Waals surface area (Å²) in [5.41, 5.74) is 3.25. The first-order valence-electron chi connectivity index (χ1n) is 7.52. The highest BCUT2D eigenvalue weighted by molar-refractivity contribution is 6.31. The van der Waals surface area contributed by atoms with Gasteiger partial charge >= 0.3 is 6.03 Å². The zero-order valence-electron chi connectivity index (χ0n) is 13.4. The maximum absolute atomic E-state index is 11.7. The number of nitrogens with one attached hydrogen (secondary N) is 2. The zero-order chi connectivity index (χ0) is 16.7. The van der Waals surface area contributed by atoms with Gasteiger partial charge in [-0.05, 0) is 49.1 Å². The van der Waals surface area contributed by atoms with Crippen molar-refractivity contribution in [2.75, 3.05) is 13.3 Å². The van der Waals surface area contributed by atoms with Crippen LogP contribution in [0.25, 0.3) is 0 Å². The summed E-state index contributed by atoms with van der Waals surface area (Å²) in [4.78, 5) is 11.7. The normalized spacial score (nSPS) is 10.2. The second kappa shape index (κ2) is 8.44. The van der Waals surface area contributed by atoms with Crippen LogP contribution in [0.2, 0.25) is 5.02 Å². The predicted octanol–water partition coefficient (Wildman–Crippen LogP) is 3.84. The molecule has 2 N–H and O–H groups in total. The molecule has 23 heavy (non-hydrogen) atoms. The molecule has 0 fully saturated rings. The Morgan fingerprint density at radius 3 is 2.65 bits per heavy atom. The van der Waals surface area contributed by atoms with E-state index >= 15 is 0 Å². The van der Waals surface area contributed by atoms with E-state index in [2.05, 4.69) is 10.6 Å². The molecule has 2 rings (SSSR count). The fraction of sp³-hybridized carbons (Fsp3) is 0.278. The van der Waals surface area contributed by atoms with Crippen LogP contribution in [-0.2, 0) is 6.42 Å². The molecule has 0 bridgehead atoms. The van der Waals surface area contributed by atoms with Crippen LogP contribution >= 0.6 is 11.6 Å². The first kappa shape index (κ1) is 17.2. The standard InChI is InChI=1S/C18H21ClN2O2/c1-13-6-5-9-17(14(13)2)23-12-21-18(22)20-11-10-15-7-3-4-8-16(15)19/h3-9H,10-12H2,1-2H3,(H2,20,21,22). The van der Waals surface area contributed by atoms with Crippen LogP contribution in [0.4, 0.5) is 4.79 Å². The van der Waals surface area contributed by atoms with Crippen molar-refractivity contribution in [2.24, 2.45) is 0 Å². The van der Waals surface area contributed by atoms with Crippen LogP contribution in [-0.4, -0.2) is 19.3 Å². The minimum atomic E-state index is -0.262. The van der Waals surface area contributed by atoms with Crippen LogP contribution in [0, 0.1) is 13.8 Å². The zero-order valence-corrected chi connectivity index (χ0v) is 14.1. The number of ether oxygens (including phenoxy) is 1. The number of urea groups is 1. The van der Waals surface area contributed by atoms with E-state index in [1.54, 1.807) is 0 Å². The van der Waals surface area contributed by atoms with E-state index in [0.29, 0.717) is 18.0 Å². The number of carbonyl (C=O) groups excluding carboxylic acids is 1. The Bertz CT molecular complexity index is 674. The molecule has 2 aromatic rings. The van der Waals surface area contributed by atoms with Gasteiger partial charge in [0.1, 0.15) is 5.75 Å². The van der Waals surface area contributed by atoms with E-state index in [-0.39, 0.29) is 12.8 Å². The van der Waals surface area contributed by atoms with Gasteiger partial charge in [-0.15, -0.1) is 0 Å². The largest absolute Gasteiger partial charge is 0.473 e. The average Bonchev–Trinajstić information content (AvgIpc) is 2.53. The molecular weight excluding hydrogens is 312 g/mol. The van der Waals surface area contributed by atoms with Crippen molar-refractivity contribution in [3.63, 3.8) is 0 Å². The van der Waals surface area contributed by atoms with Gasteiger partial charge in [0.25, 0.3) is 0 Å². The second-order valence-electron chi connectivity index (χ2n) is 5.26. The average molecular weight is 333 g/mol. The summed E-state index contributed by atoms with van der Waals surface area (Å²) in [7, 11) is 0. The molecule has 0 unspecified atom stereocenters. The van der Waals surface area contributed by atoms with Crippen molar-refractivity contribution >= 4 is 17.6 Å². The minimum Gasteiger partial charge on any atom is -0.473 e. The summed E-state index contributed by atoms with van der Waals surface area (Å²) in [6, 6.07) is 13.2. The number of aryl methyl sites for hydroxylation is 1. The molecule has 0 saturated carbocycles. The number of rotatable bonds is 6. The van der Waals surface area contributed by atoms with Gasteiger partial charge in [0.2, 0.25) is 0 Å². The maximum atomic E-state index is 11.7. The third-order valence-corrected chi connectivity index (χ3v) is 4.02. The summed E-state index contributed by atoms with van der Waals surface area (Å²) in [5.74, 6) is 0.779. The quantitative estimate of drug-likeness (QED) is 0.790. The Labute approximate surface area is 141 Å². The Morgan fingerprint density at radius 1 is 1.09 bits per heavy atom. The van der Waals surface area contributed by atoms with Crippen molar-refractivity contribution in [3.8, 4) is 5.75 Å². The minimum absolute atomic E-state index is 0.127. The van der Waals surface area contributed by atoms with Gasteiger partial charge in [0.05, 0.1) is 0 Å². The Morgan fingerprint density at radius 2 is 1.87 bits per heavy atom. The molecule has 0 aliphatic heterocycles. The van der Waals surface area contributed by atoms with Gasteiger partial charge in [0.15, 0.2) is 6.73 Å². The lowest BCUT2D eigenvalue weighted by Gasteiger charge is -2.12. The van der Waals surface area contributed by atoms with Crippen LogP contribution in [0.5, 0.6) is 5.75 Å². The van der Waals surface area contributed by atoms with Gasteiger partial charge in [-0.3, -0.25) is 0 Å². The molecule has 5 heteroatoms. The SMILES string of the molecule is Cc1cccc(OCNC(=O)NCCc2ccccc2Cl)c1C. The van der Waals surface area contributed by atoms with Gasteiger partial charge in [0, 0.05) is 11.6 Å². The van der Waals surface area contributed by atoms with Gasteiger partial charge in [-0.2, -0.15) is 0 Å². The lowest BCUT2D eigenvalue weighted by Crippen LogP contribution is -2.38. The van der Waals surface area contributed by atoms with Crippen molar-refractivity contribution in [2.45, 2.75) is 20.3 Å².